The third-order valence-corrected chi connectivity index (χ3v) is 4.33. The minimum absolute atomic E-state index is 0.0238. The quantitative estimate of drug-likeness (QED) is 0.494. The maximum Gasteiger partial charge on any atom is 0.170 e. The van der Waals surface area contributed by atoms with E-state index in [0.29, 0.717) is 18.8 Å². The van der Waals surface area contributed by atoms with Gasteiger partial charge in [0, 0.05) is 0 Å². The molecule has 1 fully saturated rings. The molecule has 0 aromatic rings. The van der Waals surface area contributed by atoms with Crippen molar-refractivity contribution >= 4 is 0 Å². The van der Waals surface area contributed by atoms with Crippen molar-refractivity contribution in [3.8, 4) is 0 Å². The summed E-state index contributed by atoms with van der Waals surface area (Å²) in [6, 6.07) is -0.521. The van der Waals surface area contributed by atoms with Crippen LogP contribution in [-0.4, -0.2) is 40.5 Å². The van der Waals surface area contributed by atoms with Crippen LogP contribution in [0.1, 0.15) is 52.9 Å². The van der Waals surface area contributed by atoms with Crippen LogP contribution in [0.25, 0.3) is 0 Å². The van der Waals surface area contributed by atoms with Gasteiger partial charge in [0.15, 0.2) is 12.6 Å². The van der Waals surface area contributed by atoms with E-state index in [1.54, 1.807) is 0 Å². The van der Waals surface area contributed by atoms with Crippen molar-refractivity contribution in [2.24, 2.45) is 17.6 Å². The first-order valence-electron chi connectivity index (χ1n) is 8.38. The van der Waals surface area contributed by atoms with Crippen molar-refractivity contribution in [1.82, 2.24) is 0 Å². The average Bonchev–Trinajstić information content (AvgIpc) is 3.16. The largest absolute Gasteiger partial charge is 0.368 e. The number of hydrogen-bond acceptors (Lipinski definition) is 5. The molecule has 0 heterocycles. The van der Waals surface area contributed by atoms with E-state index in [0.717, 1.165) is 12.3 Å². The van der Waals surface area contributed by atoms with E-state index in [-0.39, 0.29) is 6.10 Å². The molecule has 0 aromatic carbocycles. The number of hydrogen-bond donors (Lipinski definition) is 3. The molecule has 22 heavy (non-hydrogen) atoms. The number of ether oxygens (including phenoxy) is 2. The van der Waals surface area contributed by atoms with Gasteiger partial charge in [0.2, 0.25) is 0 Å². The van der Waals surface area contributed by atoms with Gasteiger partial charge in [-0.1, -0.05) is 12.2 Å². The Morgan fingerprint density at radius 3 is 2.68 bits per heavy atom. The molecule has 5 heteroatoms. The van der Waals surface area contributed by atoms with Gasteiger partial charge >= 0.3 is 0 Å². The highest BCUT2D eigenvalue weighted by atomic mass is 16.6. The molecule has 0 aromatic heterocycles. The number of rotatable bonds is 7. The Morgan fingerprint density at radius 2 is 2.00 bits per heavy atom. The minimum atomic E-state index is -1.00. The Balaban J connectivity index is 1.71. The van der Waals surface area contributed by atoms with Gasteiger partial charge < -0.3 is 25.4 Å². The molecule has 6 unspecified atom stereocenters. The van der Waals surface area contributed by atoms with Crippen LogP contribution in [0.5, 0.6) is 0 Å². The van der Waals surface area contributed by atoms with Crippen LogP contribution in [0.3, 0.4) is 0 Å². The molecule has 2 rings (SSSR count). The van der Waals surface area contributed by atoms with Crippen molar-refractivity contribution in [2.75, 3.05) is 0 Å². The highest BCUT2D eigenvalue weighted by molar-refractivity contribution is 5.06. The van der Waals surface area contributed by atoms with Gasteiger partial charge in [-0.2, -0.15) is 0 Å². The Morgan fingerprint density at radius 1 is 1.27 bits per heavy atom. The number of aliphatic hydroxyl groups is 2. The summed E-state index contributed by atoms with van der Waals surface area (Å²) in [6.07, 6.45) is 6.63. The van der Waals surface area contributed by atoms with Gasteiger partial charge in [0.25, 0.3) is 0 Å². The molecule has 0 spiro atoms. The molecular weight excluding hydrogens is 282 g/mol. The topological polar surface area (TPSA) is 84.9 Å². The molecule has 6 atom stereocenters. The molecule has 0 amide bonds. The first-order chi connectivity index (χ1) is 10.3. The highest BCUT2D eigenvalue weighted by Crippen LogP contribution is 2.47. The summed E-state index contributed by atoms with van der Waals surface area (Å²) in [5.41, 5.74) is 5.58. The lowest BCUT2D eigenvalue weighted by molar-refractivity contribution is -0.175. The zero-order valence-electron chi connectivity index (χ0n) is 13.9. The van der Waals surface area contributed by atoms with Gasteiger partial charge in [0.05, 0.1) is 17.7 Å². The molecule has 0 bridgehead atoms. The van der Waals surface area contributed by atoms with Crippen LogP contribution < -0.4 is 5.73 Å². The van der Waals surface area contributed by atoms with Crippen LogP contribution in [0.2, 0.25) is 0 Å². The SMILES string of the molecule is CC(C)(C)OC(O)CCC(N)C(O)OC1C=CCCC2CC21. The predicted octanol–water partition coefficient (Wildman–Crippen LogP) is 1.92. The second-order valence-electron chi connectivity index (χ2n) is 7.58. The fourth-order valence-electron chi connectivity index (χ4n) is 3.04. The van der Waals surface area contributed by atoms with Gasteiger partial charge in [-0.15, -0.1) is 0 Å². The molecule has 4 N–H and O–H groups in total. The Bertz CT molecular complexity index is 379. The van der Waals surface area contributed by atoms with Crippen molar-refractivity contribution in [1.29, 1.82) is 0 Å². The molecule has 1 saturated carbocycles. The summed E-state index contributed by atoms with van der Waals surface area (Å²) in [6.45, 7) is 5.66. The van der Waals surface area contributed by atoms with Crippen LogP contribution in [0.4, 0.5) is 0 Å². The second kappa shape index (κ2) is 7.41. The highest BCUT2D eigenvalue weighted by Gasteiger charge is 2.43. The molecule has 0 radical (unpaired) electrons. The smallest absolute Gasteiger partial charge is 0.170 e. The zero-order valence-corrected chi connectivity index (χ0v) is 13.9. The molecule has 2 aliphatic carbocycles. The van der Waals surface area contributed by atoms with E-state index < -0.39 is 24.2 Å². The second-order valence-corrected chi connectivity index (χ2v) is 7.58. The standard InChI is InChI=1S/C17H31NO4/c1-17(2,3)22-15(19)9-8-13(18)16(20)21-14-7-5-4-6-11-10-12(11)14/h5,7,11-16,19-20H,4,6,8-10,18H2,1-3H3. The lowest BCUT2D eigenvalue weighted by Gasteiger charge is -2.27. The summed E-state index contributed by atoms with van der Waals surface area (Å²) < 4.78 is 11.2. The monoisotopic (exact) mass is 313 g/mol. The first-order valence-corrected chi connectivity index (χ1v) is 8.38. The van der Waals surface area contributed by atoms with Gasteiger partial charge in [0.1, 0.15) is 0 Å². The van der Waals surface area contributed by atoms with Gasteiger partial charge in [-0.25, -0.2) is 0 Å². The van der Waals surface area contributed by atoms with Crippen LogP contribution >= 0.6 is 0 Å². The minimum Gasteiger partial charge on any atom is -0.368 e. The summed E-state index contributed by atoms with van der Waals surface area (Å²) in [5, 5.41) is 20.0. The maximum atomic E-state index is 10.1. The van der Waals surface area contributed by atoms with Crippen LogP contribution in [0.15, 0.2) is 12.2 Å². The van der Waals surface area contributed by atoms with Gasteiger partial charge in [-0.05, 0) is 64.7 Å². The van der Waals surface area contributed by atoms with Crippen molar-refractivity contribution in [3.05, 3.63) is 12.2 Å². The fraction of sp³-hybridized carbons (Fsp3) is 0.882. The lowest BCUT2D eigenvalue weighted by Crippen LogP contribution is -2.40. The summed E-state index contributed by atoms with van der Waals surface area (Å²) in [7, 11) is 0. The van der Waals surface area contributed by atoms with E-state index in [1.165, 1.54) is 12.8 Å². The van der Waals surface area contributed by atoms with E-state index in [4.69, 9.17) is 15.2 Å². The zero-order chi connectivity index (χ0) is 16.3. The molecule has 128 valence electrons. The van der Waals surface area contributed by atoms with E-state index >= 15 is 0 Å². The van der Waals surface area contributed by atoms with Crippen molar-refractivity contribution < 1.29 is 19.7 Å². The number of fused-ring (bicyclic) bond motifs is 1. The number of aliphatic hydroxyl groups excluding tert-OH is 2. The maximum absolute atomic E-state index is 10.1. The molecule has 0 aliphatic heterocycles. The average molecular weight is 313 g/mol. The van der Waals surface area contributed by atoms with Crippen molar-refractivity contribution in [3.63, 3.8) is 0 Å². The van der Waals surface area contributed by atoms with Crippen LogP contribution in [-0.2, 0) is 9.47 Å². The Kier molecular flexibility index (Phi) is 6.02. The Labute approximate surface area is 133 Å². The fourth-order valence-corrected chi connectivity index (χ4v) is 3.04. The molecule has 0 saturated heterocycles. The third kappa shape index (κ3) is 5.63. The third-order valence-electron chi connectivity index (χ3n) is 4.33. The Hall–Kier alpha value is -0.460. The van der Waals surface area contributed by atoms with Crippen LogP contribution in [0, 0.1) is 11.8 Å². The van der Waals surface area contributed by atoms with E-state index in [9.17, 15) is 10.2 Å². The van der Waals surface area contributed by atoms with E-state index in [1.807, 2.05) is 20.8 Å². The summed E-state index contributed by atoms with van der Waals surface area (Å²) in [5.74, 6) is 1.28. The first kappa shape index (κ1) is 17.9. The molecule has 2 aliphatic rings. The number of allylic oxidation sites excluding steroid dienone is 1. The van der Waals surface area contributed by atoms with Gasteiger partial charge in [-0.3, -0.25) is 0 Å². The summed E-state index contributed by atoms with van der Waals surface area (Å²) >= 11 is 0. The van der Waals surface area contributed by atoms with E-state index in [2.05, 4.69) is 12.2 Å². The predicted molar refractivity (Wildman–Crippen MR) is 84.9 cm³/mol. The molecule has 5 nitrogen and oxygen atoms in total. The van der Waals surface area contributed by atoms with Crippen molar-refractivity contribution in [2.45, 2.75) is 83.2 Å². The number of nitrogens with two attached hydrogens (primary N) is 1. The lowest BCUT2D eigenvalue weighted by atomic mass is 10.1. The molecular formula is C17H31NO4. The normalized spacial score (nSPS) is 32.0. The summed E-state index contributed by atoms with van der Waals surface area (Å²) in [4.78, 5) is 0.